The topological polar surface area (TPSA) is 55.4 Å². The summed E-state index contributed by atoms with van der Waals surface area (Å²) in [5.74, 6) is -0.438. The first kappa shape index (κ1) is 17.4. The first-order chi connectivity index (χ1) is 9.88. The zero-order valence-electron chi connectivity index (χ0n) is 13.5. The molecule has 0 aliphatic rings. The van der Waals surface area contributed by atoms with E-state index in [-0.39, 0.29) is 24.2 Å². The normalized spacial score (nSPS) is 13.6. The van der Waals surface area contributed by atoms with E-state index >= 15 is 0 Å². The van der Waals surface area contributed by atoms with Crippen molar-refractivity contribution < 1.29 is 14.3 Å². The summed E-state index contributed by atoms with van der Waals surface area (Å²) in [5.41, 5.74) is 2.70. The van der Waals surface area contributed by atoms with Crippen molar-refractivity contribution in [2.24, 2.45) is 0 Å². The van der Waals surface area contributed by atoms with Crippen molar-refractivity contribution in [3.8, 4) is 0 Å². The van der Waals surface area contributed by atoms with E-state index < -0.39 is 6.04 Å². The van der Waals surface area contributed by atoms with E-state index in [0.29, 0.717) is 5.56 Å². The average molecular weight is 291 g/mol. The van der Waals surface area contributed by atoms with Gasteiger partial charge in [-0.2, -0.15) is 0 Å². The fourth-order valence-corrected chi connectivity index (χ4v) is 2.22. The summed E-state index contributed by atoms with van der Waals surface area (Å²) in [6, 6.07) is 5.34. The van der Waals surface area contributed by atoms with Gasteiger partial charge < -0.3 is 10.1 Å². The van der Waals surface area contributed by atoms with Crippen LogP contribution in [0.15, 0.2) is 18.2 Å². The predicted molar refractivity (Wildman–Crippen MR) is 83.6 cm³/mol. The van der Waals surface area contributed by atoms with Crippen LogP contribution in [-0.4, -0.2) is 30.9 Å². The maximum atomic E-state index is 12.7. The predicted octanol–water partition coefficient (Wildman–Crippen LogP) is 2.81. The molecule has 2 atom stereocenters. The molecule has 2 unspecified atom stereocenters. The number of esters is 1. The lowest BCUT2D eigenvalue weighted by molar-refractivity contribution is -0.141. The molecule has 1 rings (SSSR count). The molecule has 1 aromatic carbocycles. The van der Waals surface area contributed by atoms with Gasteiger partial charge in [0, 0.05) is 11.6 Å². The molecule has 116 valence electrons. The Balaban J connectivity index is 3.00. The minimum Gasteiger partial charge on any atom is -0.469 e. The summed E-state index contributed by atoms with van der Waals surface area (Å²) in [6.07, 6.45) is 0.935. The molecule has 0 radical (unpaired) electrons. The molecule has 0 aliphatic heterocycles. The molecule has 0 saturated heterocycles. The van der Waals surface area contributed by atoms with Crippen LogP contribution in [0.1, 0.15) is 48.2 Å². The molecule has 0 aromatic heterocycles. The summed E-state index contributed by atoms with van der Waals surface area (Å²) in [7, 11) is 1.34. The van der Waals surface area contributed by atoms with E-state index in [1.807, 2.05) is 45.9 Å². The van der Waals surface area contributed by atoms with E-state index in [0.717, 1.165) is 17.5 Å². The standard InChI is InChI=1S/C17H25NO3/c1-6-13(4)18-15(10-16(19)21-5)17(20)14-8-7-11(2)9-12(14)3/h7-9,13,15,18H,6,10H2,1-5H3. The maximum absolute atomic E-state index is 12.7. The van der Waals surface area contributed by atoms with E-state index in [9.17, 15) is 9.59 Å². The van der Waals surface area contributed by atoms with Gasteiger partial charge in [-0.3, -0.25) is 9.59 Å². The Kier molecular flexibility index (Phi) is 6.56. The van der Waals surface area contributed by atoms with Gasteiger partial charge in [0.1, 0.15) is 0 Å². The fourth-order valence-electron chi connectivity index (χ4n) is 2.22. The van der Waals surface area contributed by atoms with Gasteiger partial charge in [-0.15, -0.1) is 0 Å². The van der Waals surface area contributed by atoms with Crippen LogP contribution in [0, 0.1) is 13.8 Å². The Labute approximate surface area is 126 Å². The molecule has 0 amide bonds. The van der Waals surface area contributed by atoms with Crippen LogP contribution < -0.4 is 5.32 Å². The van der Waals surface area contributed by atoms with Gasteiger partial charge in [-0.25, -0.2) is 0 Å². The number of methoxy groups -OCH3 is 1. The van der Waals surface area contributed by atoms with Crippen LogP contribution in [0.5, 0.6) is 0 Å². The fraction of sp³-hybridized carbons (Fsp3) is 0.529. The van der Waals surface area contributed by atoms with Crippen LogP contribution in [0.25, 0.3) is 0 Å². The van der Waals surface area contributed by atoms with E-state index in [1.54, 1.807) is 0 Å². The highest BCUT2D eigenvalue weighted by Crippen LogP contribution is 2.15. The van der Waals surface area contributed by atoms with Crippen LogP contribution in [0.4, 0.5) is 0 Å². The van der Waals surface area contributed by atoms with Crippen LogP contribution in [0.2, 0.25) is 0 Å². The maximum Gasteiger partial charge on any atom is 0.307 e. The van der Waals surface area contributed by atoms with Gasteiger partial charge in [0.15, 0.2) is 5.78 Å². The van der Waals surface area contributed by atoms with Crippen LogP contribution >= 0.6 is 0 Å². The number of carbonyl (C=O) groups excluding carboxylic acids is 2. The highest BCUT2D eigenvalue weighted by Gasteiger charge is 2.25. The number of hydrogen-bond donors (Lipinski definition) is 1. The number of carbonyl (C=O) groups is 2. The molecule has 0 bridgehead atoms. The third-order valence-corrected chi connectivity index (χ3v) is 3.66. The first-order valence-electron chi connectivity index (χ1n) is 7.33. The molecule has 0 saturated carbocycles. The van der Waals surface area contributed by atoms with Crippen molar-refractivity contribution in [3.05, 3.63) is 34.9 Å². The van der Waals surface area contributed by atoms with E-state index in [2.05, 4.69) is 5.32 Å². The smallest absolute Gasteiger partial charge is 0.307 e. The summed E-state index contributed by atoms with van der Waals surface area (Å²) < 4.78 is 4.70. The molecule has 4 heteroatoms. The Bertz CT molecular complexity index is 511. The van der Waals surface area contributed by atoms with Crippen molar-refractivity contribution in [1.29, 1.82) is 0 Å². The zero-order valence-corrected chi connectivity index (χ0v) is 13.5. The van der Waals surface area contributed by atoms with Crippen molar-refractivity contribution in [1.82, 2.24) is 5.32 Å². The monoisotopic (exact) mass is 291 g/mol. The van der Waals surface area contributed by atoms with Gasteiger partial charge >= 0.3 is 5.97 Å². The second-order valence-electron chi connectivity index (χ2n) is 5.49. The Hall–Kier alpha value is -1.68. The largest absolute Gasteiger partial charge is 0.469 e. The number of benzene rings is 1. The molecule has 21 heavy (non-hydrogen) atoms. The molecule has 0 spiro atoms. The lowest BCUT2D eigenvalue weighted by Crippen LogP contribution is -2.43. The Morgan fingerprint density at radius 2 is 1.95 bits per heavy atom. The van der Waals surface area contributed by atoms with Gasteiger partial charge in [-0.05, 0) is 32.8 Å². The number of aryl methyl sites for hydroxylation is 2. The summed E-state index contributed by atoms with van der Waals surface area (Å²) in [6.45, 7) is 7.94. The van der Waals surface area contributed by atoms with Crippen molar-refractivity contribution >= 4 is 11.8 Å². The summed E-state index contributed by atoms with van der Waals surface area (Å²) >= 11 is 0. The quantitative estimate of drug-likeness (QED) is 0.620. The number of nitrogens with one attached hydrogen (secondary N) is 1. The molecule has 0 heterocycles. The second kappa shape index (κ2) is 7.93. The number of Topliss-reactive ketones (excluding diaryl/α,β-unsaturated/α-hetero) is 1. The Morgan fingerprint density at radius 3 is 2.48 bits per heavy atom. The third-order valence-electron chi connectivity index (χ3n) is 3.66. The molecule has 1 N–H and O–H groups in total. The van der Waals surface area contributed by atoms with Gasteiger partial charge in [0.05, 0.1) is 19.6 Å². The molecular weight excluding hydrogens is 266 g/mol. The summed E-state index contributed by atoms with van der Waals surface area (Å²) in [4.78, 5) is 24.3. The molecule has 4 nitrogen and oxygen atoms in total. The van der Waals surface area contributed by atoms with E-state index in [4.69, 9.17) is 4.74 Å². The minimum absolute atomic E-state index is 0.0486. The minimum atomic E-state index is -0.547. The van der Waals surface area contributed by atoms with Crippen molar-refractivity contribution in [2.45, 2.75) is 52.6 Å². The van der Waals surface area contributed by atoms with Crippen molar-refractivity contribution in [2.75, 3.05) is 7.11 Å². The average Bonchev–Trinajstić information content (AvgIpc) is 2.45. The second-order valence-corrected chi connectivity index (χ2v) is 5.49. The number of hydrogen-bond acceptors (Lipinski definition) is 4. The molecule has 0 aliphatic carbocycles. The number of ether oxygens (including phenoxy) is 1. The highest BCUT2D eigenvalue weighted by molar-refractivity contribution is 6.03. The lowest BCUT2D eigenvalue weighted by atomic mass is 9.95. The van der Waals surface area contributed by atoms with Gasteiger partial charge in [0.25, 0.3) is 0 Å². The molecular formula is C17H25NO3. The van der Waals surface area contributed by atoms with Crippen LogP contribution in [0.3, 0.4) is 0 Å². The van der Waals surface area contributed by atoms with Crippen molar-refractivity contribution in [3.63, 3.8) is 0 Å². The highest BCUT2D eigenvalue weighted by atomic mass is 16.5. The zero-order chi connectivity index (χ0) is 16.0. The van der Waals surface area contributed by atoms with E-state index in [1.165, 1.54) is 7.11 Å². The third kappa shape index (κ3) is 4.97. The first-order valence-corrected chi connectivity index (χ1v) is 7.33. The molecule has 1 aromatic rings. The lowest BCUT2D eigenvalue weighted by Gasteiger charge is -2.21. The van der Waals surface area contributed by atoms with Crippen LogP contribution in [-0.2, 0) is 9.53 Å². The Morgan fingerprint density at radius 1 is 1.29 bits per heavy atom. The van der Waals surface area contributed by atoms with Gasteiger partial charge in [0.2, 0.25) is 0 Å². The number of rotatable bonds is 7. The van der Waals surface area contributed by atoms with Gasteiger partial charge in [-0.1, -0.05) is 30.7 Å². The number of ketones is 1. The SMILES string of the molecule is CCC(C)NC(CC(=O)OC)C(=O)c1ccc(C)cc1C. The molecule has 0 fully saturated rings. The summed E-state index contributed by atoms with van der Waals surface area (Å²) in [5, 5.41) is 3.22.